The summed E-state index contributed by atoms with van der Waals surface area (Å²) in [6, 6.07) is 8.05. The van der Waals surface area contributed by atoms with Crippen molar-refractivity contribution < 1.29 is 0 Å². The van der Waals surface area contributed by atoms with E-state index < -0.39 is 0 Å². The Kier molecular flexibility index (Phi) is 4.67. The molecule has 0 atom stereocenters. The minimum absolute atomic E-state index is 0.0179. The third kappa shape index (κ3) is 5.82. The second-order valence-corrected chi connectivity index (χ2v) is 7.50. The molecule has 2 heteroatoms. The van der Waals surface area contributed by atoms with Crippen molar-refractivity contribution in [3.8, 4) is 0 Å². The lowest BCUT2D eigenvalue weighted by molar-refractivity contribution is 0.469. The first-order valence-corrected chi connectivity index (χ1v) is 6.80. The summed E-state index contributed by atoms with van der Waals surface area (Å²) in [5, 5.41) is 1.10. The molecule has 0 aliphatic rings. The fraction of sp³-hybridized carbons (Fsp3) is 0.529. The number of benzene rings is 1. The second-order valence-electron chi connectivity index (χ2n) is 7.50. The standard InChI is InChI=1S/C12H14N2.C5H12/c1-12(2,3)11-13-8-9-6-4-5-7-10(9)14-11;1-5(2,3)4/h4-8H,1-3H3;1-4H3. The van der Waals surface area contributed by atoms with Gasteiger partial charge in [0.2, 0.25) is 0 Å². The van der Waals surface area contributed by atoms with Gasteiger partial charge >= 0.3 is 0 Å². The van der Waals surface area contributed by atoms with Gasteiger partial charge in [0.1, 0.15) is 5.82 Å². The van der Waals surface area contributed by atoms with Crippen LogP contribution in [0.5, 0.6) is 0 Å². The summed E-state index contributed by atoms with van der Waals surface area (Å²) in [6.45, 7) is 15.1. The van der Waals surface area contributed by atoms with E-state index >= 15 is 0 Å². The Labute approximate surface area is 117 Å². The molecule has 0 saturated heterocycles. The molecular weight excluding hydrogens is 232 g/mol. The molecule has 0 N–H and O–H groups in total. The molecular formula is C17H26N2. The highest BCUT2D eigenvalue weighted by Crippen LogP contribution is 2.20. The Bertz CT molecular complexity index is 525. The topological polar surface area (TPSA) is 25.8 Å². The quantitative estimate of drug-likeness (QED) is 0.666. The van der Waals surface area contributed by atoms with Crippen molar-refractivity contribution in [2.45, 2.75) is 53.9 Å². The van der Waals surface area contributed by atoms with E-state index in [2.05, 4.69) is 58.4 Å². The van der Waals surface area contributed by atoms with Gasteiger partial charge < -0.3 is 0 Å². The highest BCUT2D eigenvalue weighted by molar-refractivity contribution is 5.77. The summed E-state index contributed by atoms with van der Waals surface area (Å²) >= 11 is 0. The van der Waals surface area contributed by atoms with Gasteiger partial charge in [0, 0.05) is 17.0 Å². The van der Waals surface area contributed by atoms with Gasteiger partial charge in [-0.15, -0.1) is 0 Å². The Hall–Kier alpha value is -1.44. The predicted molar refractivity (Wildman–Crippen MR) is 83.4 cm³/mol. The molecule has 2 aromatic rings. The molecule has 104 valence electrons. The lowest BCUT2D eigenvalue weighted by atomic mass is 9.95. The molecule has 0 fully saturated rings. The molecule has 0 spiro atoms. The van der Waals surface area contributed by atoms with Crippen LogP contribution in [0.1, 0.15) is 54.3 Å². The van der Waals surface area contributed by atoms with E-state index in [1.165, 1.54) is 0 Å². The first-order valence-electron chi connectivity index (χ1n) is 6.80. The first kappa shape index (κ1) is 15.6. The molecule has 0 radical (unpaired) electrons. The van der Waals surface area contributed by atoms with E-state index in [4.69, 9.17) is 0 Å². The lowest BCUT2D eigenvalue weighted by Gasteiger charge is -2.16. The largest absolute Gasteiger partial charge is 0.240 e. The molecule has 1 heterocycles. The zero-order valence-corrected chi connectivity index (χ0v) is 13.3. The van der Waals surface area contributed by atoms with Crippen LogP contribution in [-0.2, 0) is 5.41 Å². The normalized spacial score (nSPS) is 11.9. The highest BCUT2D eigenvalue weighted by atomic mass is 14.9. The fourth-order valence-electron chi connectivity index (χ4n) is 1.33. The van der Waals surface area contributed by atoms with E-state index in [1.807, 2.05) is 30.5 Å². The van der Waals surface area contributed by atoms with E-state index in [-0.39, 0.29) is 5.41 Å². The minimum atomic E-state index is 0.0179. The summed E-state index contributed by atoms with van der Waals surface area (Å²) in [7, 11) is 0. The number of aromatic nitrogens is 2. The summed E-state index contributed by atoms with van der Waals surface area (Å²) in [4.78, 5) is 8.90. The van der Waals surface area contributed by atoms with Gasteiger partial charge in [0.05, 0.1) is 5.52 Å². The summed E-state index contributed by atoms with van der Waals surface area (Å²) < 4.78 is 0. The van der Waals surface area contributed by atoms with Gasteiger partial charge in [0.25, 0.3) is 0 Å². The zero-order valence-electron chi connectivity index (χ0n) is 13.3. The fourth-order valence-corrected chi connectivity index (χ4v) is 1.33. The van der Waals surface area contributed by atoms with Crippen LogP contribution in [0, 0.1) is 5.41 Å². The van der Waals surface area contributed by atoms with Crippen LogP contribution < -0.4 is 0 Å². The van der Waals surface area contributed by atoms with Crippen LogP contribution >= 0.6 is 0 Å². The molecule has 0 aliphatic heterocycles. The molecule has 1 aromatic carbocycles. The molecule has 0 bridgehead atoms. The summed E-state index contributed by atoms with van der Waals surface area (Å²) in [6.07, 6.45) is 1.89. The molecule has 0 saturated carbocycles. The lowest BCUT2D eigenvalue weighted by Crippen LogP contribution is -2.15. The Morgan fingerprint density at radius 1 is 0.842 bits per heavy atom. The predicted octanol–water partition coefficient (Wildman–Crippen LogP) is 4.98. The van der Waals surface area contributed by atoms with E-state index in [9.17, 15) is 0 Å². The SMILES string of the molecule is CC(C)(C)C.CC(C)(C)c1ncc2ccccc2n1. The number of hydrogen-bond acceptors (Lipinski definition) is 2. The maximum atomic E-state index is 4.54. The maximum absolute atomic E-state index is 4.54. The van der Waals surface area contributed by atoms with Gasteiger partial charge in [-0.25, -0.2) is 9.97 Å². The van der Waals surface area contributed by atoms with Gasteiger partial charge in [-0.1, -0.05) is 66.7 Å². The van der Waals surface area contributed by atoms with Crippen LogP contribution in [-0.4, -0.2) is 9.97 Å². The third-order valence-electron chi connectivity index (χ3n) is 2.16. The first-order chi connectivity index (χ1) is 8.57. The third-order valence-corrected chi connectivity index (χ3v) is 2.16. The molecule has 2 nitrogen and oxygen atoms in total. The van der Waals surface area contributed by atoms with Gasteiger partial charge in [0.15, 0.2) is 0 Å². The Morgan fingerprint density at radius 2 is 1.37 bits per heavy atom. The zero-order chi connectivity index (χ0) is 14.7. The van der Waals surface area contributed by atoms with E-state index in [0.717, 1.165) is 16.7 Å². The van der Waals surface area contributed by atoms with Crippen molar-refractivity contribution in [2.24, 2.45) is 5.41 Å². The van der Waals surface area contributed by atoms with Crippen molar-refractivity contribution in [3.63, 3.8) is 0 Å². The number of hydrogen-bond donors (Lipinski definition) is 0. The molecule has 0 unspecified atom stereocenters. The maximum Gasteiger partial charge on any atom is 0.134 e. The molecule has 1 aromatic heterocycles. The van der Waals surface area contributed by atoms with E-state index in [0.29, 0.717) is 5.41 Å². The van der Waals surface area contributed by atoms with Gasteiger partial charge in [-0.2, -0.15) is 0 Å². The molecule has 0 aliphatic carbocycles. The van der Waals surface area contributed by atoms with Crippen LogP contribution in [0.3, 0.4) is 0 Å². The number of nitrogens with zero attached hydrogens (tertiary/aromatic N) is 2. The molecule has 19 heavy (non-hydrogen) atoms. The average molecular weight is 258 g/mol. The van der Waals surface area contributed by atoms with Crippen molar-refractivity contribution in [1.82, 2.24) is 9.97 Å². The highest BCUT2D eigenvalue weighted by Gasteiger charge is 2.16. The number of rotatable bonds is 0. The van der Waals surface area contributed by atoms with Crippen LogP contribution in [0.25, 0.3) is 10.9 Å². The Balaban J connectivity index is 0.000000312. The van der Waals surface area contributed by atoms with Crippen LogP contribution in [0.2, 0.25) is 0 Å². The Morgan fingerprint density at radius 3 is 1.89 bits per heavy atom. The van der Waals surface area contributed by atoms with Crippen LogP contribution in [0.4, 0.5) is 0 Å². The summed E-state index contributed by atoms with van der Waals surface area (Å²) in [5.41, 5.74) is 1.54. The van der Waals surface area contributed by atoms with Crippen molar-refractivity contribution in [2.75, 3.05) is 0 Å². The minimum Gasteiger partial charge on any atom is -0.240 e. The van der Waals surface area contributed by atoms with Gasteiger partial charge in [-0.05, 0) is 11.5 Å². The van der Waals surface area contributed by atoms with Crippen molar-refractivity contribution in [1.29, 1.82) is 0 Å². The van der Waals surface area contributed by atoms with Crippen molar-refractivity contribution in [3.05, 3.63) is 36.3 Å². The average Bonchev–Trinajstić information content (AvgIpc) is 2.25. The number of fused-ring (bicyclic) bond motifs is 1. The van der Waals surface area contributed by atoms with E-state index in [1.54, 1.807) is 0 Å². The van der Waals surface area contributed by atoms with Gasteiger partial charge in [-0.3, -0.25) is 0 Å². The van der Waals surface area contributed by atoms with Crippen molar-refractivity contribution >= 4 is 10.9 Å². The number of para-hydroxylation sites is 1. The smallest absolute Gasteiger partial charge is 0.134 e. The second kappa shape index (κ2) is 5.68. The summed E-state index contributed by atoms with van der Waals surface area (Å²) in [5.74, 6) is 0.899. The molecule has 0 amide bonds. The molecule has 2 rings (SSSR count). The monoisotopic (exact) mass is 258 g/mol. The van der Waals surface area contributed by atoms with Crippen LogP contribution in [0.15, 0.2) is 30.5 Å².